The minimum atomic E-state index is -0.0193. The topological polar surface area (TPSA) is 43.8 Å². The molecule has 1 heterocycles. The van der Waals surface area contributed by atoms with Gasteiger partial charge < -0.3 is 10.3 Å². The van der Waals surface area contributed by atoms with Crippen LogP contribution in [0, 0.1) is 5.92 Å². The third-order valence-electron chi connectivity index (χ3n) is 3.90. The molecule has 1 aromatic heterocycles. The number of rotatable bonds is 4. The molecule has 1 fully saturated rings. The second-order valence-corrected chi connectivity index (χ2v) is 5.78. The van der Waals surface area contributed by atoms with Crippen LogP contribution in [0.3, 0.4) is 0 Å². The van der Waals surface area contributed by atoms with E-state index in [1.54, 1.807) is 0 Å². The lowest BCUT2D eigenvalue weighted by Gasteiger charge is -2.36. The number of hydrogen-bond donors (Lipinski definition) is 1. The fourth-order valence-corrected chi connectivity index (χ4v) is 3.13. The molecule has 1 saturated carbocycles. The Labute approximate surface area is 104 Å². The van der Waals surface area contributed by atoms with Gasteiger partial charge >= 0.3 is 0 Å². The average Bonchev–Trinajstić information content (AvgIpc) is 2.65. The quantitative estimate of drug-likeness (QED) is 0.872. The number of imidazole rings is 1. The SMILES string of the molecule is CCCn1ccnc1CC1(N)CCCC(C)C1. The minimum Gasteiger partial charge on any atom is -0.335 e. The van der Waals surface area contributed by atoms with Crippen molar-refractivity contribution < 1.29 is 0 Å². The summed E-state index contributed by atoms with van der Waals surface area (Å²) in [7, 11) is 0. The van der Waals surface area contributed by atoms with E-state index in [1.807, 2.05) is 6.20 Å². The van der Waals surface area contributed by atoms with Crippen molar-refractivity contribution in [3.05, 3.63) is 18.2 Å². The summed E-state index contributed by atoms with van der Waals surface area (Å²) in [6, 6.07) is 0. The first-order valence-electron chi connectivity index (χ1n) is 6.92. The van der Waals surface area contributed by atoms with E-state index in [2.05, 4.69) is 29.6 Å². The normalized spacial score (nSPS) is 29.5. The molecule has 1 aromatic rings. The lowest BCUT2D eigenvalue weighted by Crippen LogP contribution is -2.46. The average molecular weight is 235 g/mol. The first-order valence-corrected chi connectivity index (χ1v) is 6.92. The second-order valence-electron chi connectivity index (χ2n) is 5.78. The van der Waals surface area contributed by atoms with Gasteiger partial charge in [-0.3, -0.25) is 0 Å². The van der Waals surface area contributed by atoms with Crippen molar-refractivity contribution in [1.82, 2.24) is 9.55 Å². The maximum absolute atomic E-state index is 6.55. The van der Waals surface area contributed by atoms with E-state index in [9.17, 15) is 0 Å². The molecule has 1 aliphatic rings. The molecule has 2 atom stereocenters. The van der Waals surface area contributed by atoms with E-state index in [1.165, 1.54) is 18.7 Å². The van der Waals surface area contributed by atoms with Gasteiger partial charge in [-0.1, -0.05) is 26.7 Å². The Kier molecular flexibility index (Phi) is 3.87. The van der Waals surface area contributed by atoms with Crippen LogP contribution in [0.2, 0.25) is 0 Å². The molecule has 2 unspecified atom stereocenters. The summed E-state index contributed by atoms with van der Waals surface area (Å²) in [6.45, 7) is 5.57. The predicted molar refractivity (Wildman–Crippen MR) is 70.8 cm³/mol. The van der Waals surface area contributed by atoms with Gasteiger partial charge in [0.05, 0.1) is 0 Å². The largest absolute Gasteiger partial charge is 0.335 e. The third kappa shape index (κ3) is 3.09. The molecule has 1 aliphatic carbocycles. The van der Waals surface area contributed by atoms with Crippen molar-refractivity contribution in [2.24, 2.45) is 11.7 Å². The number of hydrogen-bond acceptors (Lipinski definition) is 2. The van der Waals surface area contributed by atoms with E-state index in [4.69, 9.17) is 5.73 Å². The number of aromatic nitrogens is 2. The minimum absolute atomic E-state index is 0.0193. The maximum atomic E-state index is 6.55. The van der Waals surface area contributed by atoms with Crippen LogP contribution < -0.4 is 5.73 Å². The molecule has 3 heteroatoms. The highest BCUT2D eigenvalue weighted by molar-refractivity contribution is 5.02. The molecular weight excluding hydrogens is 210 g/mol. The van der Waals surface area contributed by atoms with Crippen molar-refractivity contribution in [3.8, 4) is 0 Å². The van der Waals surface area contributed by atoms with Crippen LogP contribution in [0.5, 0.6) is 0 Å². The van der Waals surface area contributed by atoms with E-state index >= 15 is 0 Å². The van der Waals surface area contributed by atoms with E-state index in [-0.39, 0.29) is 5.54 Å². The fraction of sp³-hybridized carbons (Fsp3) is 0.786. The van der Waals surface area contributed by atoms with E-state index in [0.717, 1.165) is 38.1 Å². The summed E-state index contributed by atoms with van der Waals surface area (Å²) >= 11 is 0. The van der Waals surface area contributed by atoms with Crippen LogP contribution in [0.15, 0.2) is 12.4 Å². The van der Waals surface area contributed by atoms with Crippen LogP contribution in [-0.4, -0.2) is 15.1 Å². The zero-order valence-electron chi connectivity index (χ0n) is 11.2. The van der Waals surface area contributed by atoms with Crippen molar-refractivity contribution in [2.45, 2.75) is 64.5 Å². The van der Waals surface area contributed by atoms with Crippen molar-refractivity contribution >= 4 is 0 Å². The number of aryl methyl sites for hydroxylation is 1. The molecule has 3 nitrogen and oxygen atoms in total. The highest BCUT2D eigenvalue weighted by Gasteiger charge is 2.32. The smallest absolute Gasteiger partial charge is 0.110 e. The Morgan fingerprint density at radius 1 is 1.59 bits per heavy atom. The highest BCUT2D eigenvalue weighted by Crippen LogP contribution is 2.32. The van der Waals surface area contributed by atoms with Gasteiger partial charge in [0.25, 0.3) is 0 Å². The van der Waals surface area contributed by atoms with Gasteiger partial charge in [0.2, 0.25) is 0 Å². The summed E-state index contributed by atoms with van der Waals surface area (Å²) in [4.78, 5) is 4.48. The van der Waals surface area contributed by atoms with Crippen molar-refractivity contribution in [2.75, 3.05) is 0 Å². The lowest BCUT2D eigenvalue weighted by atomic mass is 9.75. The summed E-state index contributed by atoms with van der Waals surface area (Å²) in [5.74, 6) is 1.94. The molecule has 0 saturated heterocycles. The van der Waals surface area contributed by atoms with Gasteiger partial charge in [-0.2, -0.15) is 0 Å². The molecule has 0 radical (unpaired) electrons. The van der Waals surface area contributed by atoms with Crippen LogP contribution in [0.25, 0.3) is 0 Å². The molecule has 0 aromatic carbocycles. The third-order valence-corrected chi connectivity index (χ3v) is 3.90. The number of nitrogens with zero attached hydrogens (tertiary/aromatic N) is 2. The van der Waals surface area contributed by atoms with Gasteiger partial charge in [0.15, 0.2) is 0 Å². The van der Waals surface area contributed by atoms with Crippen molar-refractivity contribution in [1.29, 1.82) is 0 Å². The van der Waals surface area contributed by atoms with Gasteiger partial charge in [-0.05, 0) is 25.2 Å². The van der Waals surface area contributed by atoms with Gasteiger partial charge in [0.1, 0.15) is 5.82 Å². The predicted octanol–water partition coefficient (Wildman–Crippen LogP) is 2.74. The first kappa shape index (κ1) is 12.6. The Morgan fingerprint density at radius 2 is 2.41 bits per heavy atom. The highest BCUT2D eigenvalue weighted by atomic mass is 15.1. The molecule has 17 heavy (non-hydrogen) atoms. The standard InChI is InChI=1S/C14H25N3/c1-3-8-17-9-7-16-13(17)11-14(15)6-4-5-12(2)10-14/h7,9,12H,3-6,8,10-11,15H2,1-2H3. The Balaban J connectivity index is 2.05. The molecular formula is C14H25N3. The first-order chi connectivity index (χ1) is 8.13. The number of nitrogens with two attached hydrogens (primary N) is 1. The zero-order valence-corrected chi connectivity index (χ0v) is 11.2. The Bertz CT molecular complexity index is 358. The Hall–Kier alpha value is -0.830. The van der Waals surface area contributed by atoms with Crippen molar-refractivity contribution in [3.63, 3.8) is 0 Å². The summed E-state index contributed by atoms with van der Waals surface area (Å²) in [6.07, 6.45) is 11.0. The summed E-state index contributed by atoms with van der Waals surface area (Å²) in [5, 5.41) is 0. The van der Waals surface area contributed by atoms with Crippen LogP contribution in [-0.2, 0) is 13.0 Å². The van der Waals surface area contributed by atoms with E-state index < -0.39 is 0 Å². The summed E-state index contributed by atoms with van der Waals surface area (Å²) < 4.78 is 2.26. The van der Waals surface area contributed by atoms with Gasteiger partial charge in [-0.25, -0.2) is 4.98 Å². The van der Waals surface area contributed by atoms with Crippen LogP contribution >= 0.6 is 0 Å². The molecule has 96 valence electrons. The molecule has 2 rings (SSSR count). The molecule has 0 bridgehead atoms. The van der Waals surface area contributed by atoms with Crippen LogP contribution in [0.4, 0.5) is 0 Å². The summed E-state index contributed by atoms with van der Waals surface area (Å²) in [5.41, 5.74) is 6.53. The monoisotopic (exact) mass is 235 g/mol. The van der Waals surface area contributed by atoms with Crippen LogP contribution in [0.1, 0.15) is 51.8 Å². The molecule has 0 spiro atoms. The molecule has 2 N–H and O–H groups in total. The maximum Gasteiger partial charge on any atom is 0.110 e. The lowest BCUT2D eigenvalue weighted by molar-refractivity contribution is 0.230. The molecule has 0 amide bonds. The Morgan fingerprint density at radius 3 is 3.12 bits per heavy atom. The zero-order chi connectivity index (χ0) is 12.3. The fourth-order valence-electron chi connectivity index (χ4n) is 3.13. The van der Waals surface area contributed by atoms with E-state index in [0.29, 0.717) is 0 Å². The van der Waals surface area contributed by atoms with Gasteiger partial charge in [-0.15, -0.1) is 0 Å². The van der Waals surface area contributed by atoms with Gasteiger partial charge in [0, 0.05) is 30.9 Å². The second kappa shape index (κ2) is 5.21. The molecule has 0 aliphatic heterocycles.